The van der Waals surface area contributed by atoms with E-state index in [1.165, 1.54) is 0 Å². The van der Waals surface area contributed by atoms with E-state index in [1.807, 2.05) is 60.7 Å². The minimum absolute atomic E-state index is 0.350. The number of hydrogen-bond donors (Lipinski definition) is 3. The average molecular weight is 272 g/mol. The molecule has 0 saturated carbocycles. The fourth-order valence-electron chi connectivity index (χ4n) is 1.78. The van der Waals surface area contributed by atoms with Gasteiger partial charge in [0.1, 0.15) is 7.07 Å². The zero-order chi connectivity index (χ0) is 15.1. The van der Waals surface area contributed by atoms with E-state index < -0.39 is 5.66 Å². The standard InChI is InChI=1S/C13H14N2.C3H7NO/c14-13(15,11-7-3-1-4-8-11)12-9-5-2-6-10-12;4-1-3-2-5-3/h1-10H,14-15H2;3H,1-2,4H2/i/hD. The molecule has 0 spiro atoms. The predicted octanol–water partition coefficient (Wildman–Crippen LogP) is 1.15. The van der Waals surface area contributed by atoms with Crippen LogP contribution in [-0.2, 0) is 10.4 Å². The lowest BCUT2D eigenvalue weighted by Gasteiger charge is -2.25. The number of ether oxygens (including phenoxy) is 1. The van der Waals surface area contributed by atoms with Gasteiger partial charge in [-0.2, -0.15) is 0 Å². The SMILES string of the molecule is NC(N)(c1ccccc1)c1ccccc1.[2H]NCC1CO1. The first kappa shape index (κ1) is 13.3. The molecule has 2 aromatic rings. The van der Waals surface area contributed by atoms with Crippen LogP contribution >= 0.6 is 0 Å². The molecule has 1 aliphatic rings. The molecular formula is C16H21N3O. The summed E-state index contributed by atoms with van der Waals surface area (Å²) in [4.78, 5) is 0. The number of rotatable bonds is 4. The van der Waals surface area contributed by atoms with Gasteiger partial charge in [-0.25, -0.2) is 0 Å². The van der Waals surface area contributed by atoms with E-state index in [0.717, 1.165) is 17.7 Å². The topological polar surface area (TPSA) is 90.6 Å². The van der Waals surface area contributed by atoms with Crippen molar-refractivity contribution >= 4 is 0 Å². The number of epoxide rings is 1. The van der Waals surface area contributed by atoms with Crippen LogP contribution in [0.5, 0.6) is 0 Å². The predicted molar refractivity (Wildman–Crippen MR) is 80.8 cm³/mol. The first-order valence-corrected chi connectivity index (χ1v) is 6.59. The molecule has 1 aliphatic heterocycles. The Morgan fingerprint density at radius 1 is 1.00 bits per heavy atom. The molecule has 0 amide bonds. The summed E-state index contributed by atoms with van der Waals surface area (Å²) in [7, 11) is 0. The first-order valence-electron chi connectivity index (χ1n) is 7.09. The highest BCUT2D eigenvalue weighted by molar-refractivity contribution is 5.35. The molecule has 0 aliphatic carbocycles. The van der Waals surface area contributed by atoms with E-state index in [-0.39, 0.29) is 0 Å². The molecule has 0 aromatic heterocycles. The van der Waals surface area contributed by atoms with Crippen molar-refractivity contribution in [3.63, 3.8) is 0 Å². The van der Waals surface area contributed by atoms with Crippen LogP contribution in [0.4, 0.5) is 0 Å². The van der Waals surface area contributed by atoms with Gasteiger partial charge in [-0.15, -0.1) is 0 Å². The average Bonchev–Trinajstić information content (AvgIpc) is 3.34. The lowest BCUT2D eigenvalue weighted by Crippen LogP contribution is -2.46. The Balaban J connectivity index is 0.000000225. The van der Waals surface area contributed by atoms with Gasteiger partial charge in [0.05, 0.1) is 12.7 Å². The highest BCUT2D eigenvalue weighted by atomic mass is 16.6. The molecule has 0 bridgehead atoms. The molecule has 2 aromatic carbocycles. The zero-order valence-electron chi connectivity index (χ0n) is 12.3. The summed E-state index contributed by atoms with van der Waals surface area (Å²) in [5.41, 5.74) is 15.4. The summed E-state index contributed by atoms with van der Waals surface area (Å²) < 4.78 is 11.2. The highest BCUT2D eigenvalue weighted by Gasteiger charge is 2.23. The molecule has 1 heterocycles. The van der Waals surface area contributed by atoms with Crippen molar-refractivity contribution in [3.05, 3.63) is 71.8 Å². The molecule has 0 radical (unpaired) electrons. The van der Waals surface area contributed by atoms with Gasteiger partial charge >= 0.3 is 0 Å². The fourth-order valence-corrected chi connectivity index (χ4v) is 1.78. The summed E-state index contributed by atoms with van der Waals surface area (Å²) >= 11 is 0. The maximum Gasteiger partial charge on any atom is 0.118 e. The molecule has 3 rings (SSSR count). The van der Waals surface area contributed by atoms with Crippen LogP contribution < -0.4 is 17.2 Å². The summed E-state index contributed by atoms with van der Waals surface area (Å²) in [6, 6.07) is 19.4. The van der Waals surface area contributed by atoms with Crippen molar-refractivity contribution in [2.45, 2.75) is 11.8 Å². The Kier molecular flexibility index (Phi) is 4.40. The second-order valence-electron chi connectivity index (χ2n) is 4.76. The molecule has 106 valence electrons. The lowest BCUT2D eigenvalue weighted by atomic mass is 9.93. The highest BCUT2D eigenvalue weighted by Crippen LogP contribution is 2.20. The number of hydrogen-bond acceptors (Lipinski definition) is 4. The molecule has 20 heavy (non-hydrogen) atoms. The third-order valence-corrected chi connectivity index (χ3v) is 3.13. The van der Waals surface area contributed by atoms with E-state index in [4.69, 9.17) is 17.6 Å². The summed E-state index contributed by atoms with van der Waals surface area (Å²) in [6.07, 6.45) is 0.350. The molecule has 1 saturated heterocycles. The van der Waals surface area contributed by atoms with Crippen molar-refractivity contribution in [2.75, 3.05) is 13.2 Å². The van der Waals surface area contributed by atoms with Crippen molar-refractivity contribution < 1.29 is 6.15 Å². The van der Waals surface area contributed by atoms with Gasteiger partial charge < -0.3 is 21.9 Å². The van der Waals surface area contributed by atoms with E-state index in [1.54, 1.807) is 0 Å². The summed E-state index contributed by atoms with van der Waals surface area (Å²) in [5.74, 6) is 0. The smallest absolute Gasteiger partial charge is 0.118 e. The van der Waals surface area contributed by atoms with Gasteiger partial charge in [-0.1, -0.05) is 60.7 Å². The molecule has 4 nitrogen and oxygen atoms in total. The second-order valence-corrected chi connectivity index (χ2v) is 4.76. The van der Waals surface area contributed by atoms with E-state index in [9.17, 15) is 0 Å². The van der Waals surface area contributed by atoms with Crippen LogP contribution in [0, 0.1) is 0 Å². The van der Waals surface area contributed by atoms with Crippen LogP contribution in [0.15, 0.2) is 60.7 Å². The van der Waals surface area contributed by atoms with Gasteiger partial charge in [-0.3, -0.25) is 0 Å². The Morgan fingerprint density at radius 3 is 1.75 bits per heavy atom. The summed E-state index contributed by atoms with van der Waals surface area (Å²) in [5, 5.41) is 0. The van der Waals surface area contributed by atoms with Crippen LogP contribution in [0.25, 0.3) is 0 Å². The second kappa shape index (κ2) is 6.63. The van der Waals surface area contributed by atoms with Gasteiger partial charge in [0.2, 0.25) is 0 Å². The first-order chi connectivity index (χ1) is 10.1. The maximum atomic E-state index is 6.44. The molecule has 6 N–H and O–H groups in total. The fraction of sp³-hybridized carbons (Fsp3) is 0.250. The molecule has 1 unspecified atom stereocenters. The van der Waals surface area contributed by atoms with Crippen LogP contribution in [0.1, 0.15) is 11.1 Å². The van der Waals surface area contributed by atoms with Crippen LogP contribution in [0.3, 0.4) is 0 Å². The van der Waals surface area contributed by atoms with Gasteiger partial charge in [0, 0.05) is 6.54 Å². The Hall–Kier alpha value is -1.72. The van der Waals surface area contributed by atoms with Crippen LogP contribution in [0.2, 0.25) is 1.41 Å². The normalized spacial score (nSPS) is 17.7. The molecular weight excluding hydrogens is 250 g/mol. The van der Waals surface area contributed by atoms with Crippen molar-refractivity contribution in [3.8, 4) is 0 Å². The largest absolute Gasteiger partial charge is 0.372 e. The Morgan fingerprint density at radius 2 is 1.45 bits per heavy atom. The van der Waals surface area contributed by atoms with Gasteiger partial charge in [0.15, 0.2) is 0 Å². The van der Waals surface area contributed by atoms with Crippen molar-refractivity contribution in [1.82, 2.24) is 0 Å². The number of benzene rings is 2. The molecule has 1 fully saturated rings. The zero-order valence-corrected chi connectivity index (χ0v) is 11.3. The molecule has 1 atom stereocenters. The van der Waals surface area contributed by atoms with Crippen molar-refractivity contribution in [2.24, 2.45) is 17.2 Å². The minimum atomic E-state index is -0.914. The van der Waals surface area contributed by atoms with E-state index >= 15 is 0 Å². The lowest BCUT2D eigenvalue weighted by molar-refractivity contribution is 0.412. The van der Waals surface area contributed by atoms with E-state index in [2.05, 4.69) is 5.73 Å². The van der Waals surface area contributed by atoms with Gasteiger partial charge in [0.25, 0.3) is 0 Å². The van der Waals surface area contributed by atoms with Gasteiger partial charge in [-0.05, 0) is 11.1 Å². The monoisotopic (exact) mass is 272 g/mol. The van der Waals surface area contributed by atoms with E-state index in [0.29, 0.717) is 12.6 Å². The summed E-state index contributed by atoms with van der Waals surface area (Å²) in [6.45, 7) is 1.52. The minimum Gasteiger partial charge on any atom is -0.372 e. The molecule has 4 heteroatoms. The van der Waals surface area contributed by atoms with Crippen LogP contribution in [-0.4, -0.2) is 19.3 Å². The Labute approximate surface area is 121 Å². The Bertz CT molecular complexity index is 488. The number of nitrogens with two attached hydrogens (primary N) is 3. The quantitative estimate of drug-likeness (QED) is 0.575. The third-order valence-electron chi connectivity index (χ3n) is 3.13. The maximum absolute atomic E-state index is 6.44. The third kappa shape index (κ3) is 3.88. The van der Waals surface area contributed by atoms with Crippen molar-refractivity contribution in [1.29, 1.82) is 0 Å².